The first-order chi connectivity index (χ1) is 9.86. The maximum Gasteiger partial charge on any atom is 0.307 e. The normalized spacial score (nSPS) is 10.6. The van der Waals surface area contributed by atoms with Gasteiger partial charge < -0.3 is 9.64 Å². The van der Waals surface area contributed by atoms with Crippen molar-refractivity contribution in [2.24, 2.45) is 5.92 Å². The number of hydrogen-bond donors (Lipinski definition) is 0. The molecule has 1 amide bonds. The van der Waals surface area contributed by atoms with Crippen LogP contribution >= 0.6 is 11.6 Å². The van der Waals surface area contributed by atoms with Crippen molar-refractivity contribution >= 4 is 23.5 Å². The molecule has 0 bridgehead atoms. The standard InChI is InChI=1S/C15H19ClFNO3/c1-10(2)9-18(8-7-13(19)21-3)15(20)14-11(16)5-4-6-12(14)17/h4-6,10H,7-9H2,1-3H3. The summed E-state index contributed by atoms with van der Waals surface area (Å²) in [6.45, 7) is 4.43. The number of carbonyl (C=O) groups is 2. The Morgan fingerprint density at radius 2 is 2.05 bits per heavy atom. The molecule has 4 nitrogen and oxygen atoms in total. The summed E-state index contributed by atoms with van der Waals surface area (Å²) in [5, 5.41) is 0.0619. The minimum absolute atomic E-state index is 0.0566. The highest BCUT2D eigenvalue weighted by molar-refractivity contribution is 6.33. The molecule has 0 spiro atoms. The van der Waals surface area contributed by atoms with Crippen LogP contribution in [-0.4, -0.2) is 37.0 Å². The zero-order valence-corrected chi connectivity index (χ0v) is 13.1. The van der Waals surface area contributed by atoms with Gasteiger partial charge in [0.2, 0.25) is 0 Å². The van der Waals surface area contributed by atoms with E-state index in [1.54, 1.807) is 0 Å². The van der Waals surface area contributed by atoms with Crippen LogP contribution in [0.5, 0.6) is 0 Å². The number of halogens is 2. The number of methoxy groups -OCH3 is 1. The van der Waals surface area contributed by atoms with Crippen molar-refractivity contribution in [2.75, 3.05) is 20.2 Å². The van der Waals surface area contributed by atoms with E-state index in [1.807, 2.05) is 13.8 Å². The molecule has 1 rings (SSSR count). The summed E-state index contributed by atoms with van der Waals surface area (Å²) in [7, 11) is 1.28. The highest BCUT2D eigenvalue weighted by Crippen LogP contribution is 2.21. The minimum Gasteiger partial charge on any atom is -0.469 e. The van der Waals surface area contributed by atoms with Crippen LogP contribution in [0.1, 0.15) is 30.6 Å². The number of rotatable bonds is 6. The fourth-order valence-electron chi connectivity index (χ4n) is 1.91. The molecule has 0 aliphatic carbocycles. The van der Waals surface area contributed by atoms with Crippen molar-refractivity contribution in [1.82, 2.24) is 4.90 Å². The van der Waals surface area contributed by atoms with Gasteiger partial charge in [0.1, 0.15) is 5.82 Å². The third-order valence-electron chi connectivity index (χ3n) is 2.86. The second-order valence-electron chi connectivity index (χ2n) is 5.07. The quantitative estimate of drug-likeness (QED) is 0.758. The van der Waals surface area contributed by atoms with E-state index in [0.29, 0.717) is 6.54 Å². The Morgan fingerprint density at radius 1 is 1.38 bits per heavy atom. The number of amides is 1. The van der Waals surface area contributed by atoms with E-state index in [-0.39, 0.29) is 29.5 Å². The maximum absolute atomic E-state index is 13.8. The Kier molecular flexibility index (Phi) is 6.62. The maximum atomic E-state index is 13.8. The van der Waals surface area contributed by atoms with Gasteiger partial charge in [0.25, 0.3) is 5.91 Å². The Balaban J connectivity index is 2.96. The summed E-state index contributed by atoms with van der Waals surface area (Å²) in [6, 6.07) is 4.09. The smallest absolute Gasteiger partial charge is 0.307 e. The first-order valence-electron chi connectivity index (χ1n) is 6.67. The lowest BCUT2D eigenvalue weighted by molar-refractivity contribution is -0.140. The second kappa shape index (κ2) is 7.98. The summed E-state index contributed by atoms with van der Waals surface area (Å²) in [5.74, 6) is -1.43. The average molecular weight is 316 g/mol. The molecular formula is C15H19ClFNO3. The van der Waals surface area contributed by atoms with Crippen LogP contribution in [0.25, 0.3) is 0 Å². The van der Waals surface area contributed by atoms with Gasteiger partial charge in [0.15, 0.2) is 0 Å². The lowest BCUT2D eigenvalue weighted by Gasteiger charge is -2.24. The minimum atomic E-state index is -0.667. The van der Waals surface area contributed by atoms with Crippen LogP contribution in [-0.2, 0) is 9.53 Å². The molecule has 0 saturated heterocycles. The molecule has 0 aliphatic heterocycles. The van der Waals surface area contributed by atoms with E-state index in [2.05, 4.69) is 4.74 Å². The van der Waals surface area contributed by atoms with Crippen molar-refractivity contribution in [1.29, 1.82) is 0 Å². The van der Waals surface area contributed by atoms with Crippen molar-refractivity contribution in [3.05, 3.63) is 34.6 Å². The van der Waals surface area contributed by atoms with Gasteiger partial charge in [-0.05, 0) is 18.1 Å². The predicted molar refractivity (Wildman–Crippen MR) is 78.8 cm³/mol. The van der Waals surface area contributed by atoms with Crippen LogP contribution in [0.4, 0.5) is 4.39 Å². The number of hydrogen-bond acceptors (Lipinski definition) is 3. The monoisotopic (exact) mass is 315 g/mol. The SMILES string of the molecule is COC(=O)CCN(CC(C)C)C(=O)c1c(F)cccc1Cl. The van der Waals surface area contributed by atoms with Crippen LogP contribution in [0.3, 0.4) is 0 Å². The Morgan fingerprint density at radius 3 is 2.57 bits per heavy atom. The third kappa shape index (κ3) is 5.01. The molecule has 0 aromatic heterocycles. The molecule has 116 valence electrons. The number of esters is 1. The number of carbonyl (C=O) groups excluding carboxylic acids is 2. The van der Waals surface area contributed by atoms with E-state index in [1.165, 1.54) is 30.2 Å². The first-order valence-corrected chi connectivity index (χ1v) is 7.04. The molecule has 0 atom stereocenters. The van der Waals surface area contributed by atoms with Gasteiger partial charge in [0, 0.05) is 13.1 Å². The van der Waals surface area contributed by atoms with Gasteiger partial charge >= 0.3 is 5.97 Å². The summed E-state index contributed by atoms with van der Waals surface area (Å²) >= 11 is 5.92. The number of benzene rings is 1. The lowest BCUT2D eigenvalue weighted by atomic mass is 10.1. The van der Waals surface area contributed by atoms with Crippen LogP contribution < -0.4 is 0 Å². The summed E-state index contributed by atoms with van der Waals surface area (Å²) in [4.78, 5) is 25.1. The van der Waals surface area contributed by atoms with Gasteiger partial charge in [-0.1, -0.05) is 31.5 Å². The summed E-state index contributed by atoms with van der Waals surface area (Å²) in [6.07, 6.45) is 0.0566. The highest BCUT2D eigenvalue weighted by atomic mass is 35.5. The summed E-state index contributed by atoms with van der Waals surface area (Å²) < 4.78 is 18.4. The van der Waals surface area contributed by atoms with Gasteiger partial charge in [-0.25, -0.2) is 4.39 Å². The molecule has 0 radical (unpaired) electrons. The zero-order chi connectivity index (χ0) is 16.0. The van der Waals surface area contributed by atoms with Crippen molar-refractivity contribution < 1.29 is 18.7 Å². The zero-order valence-electron chi connectivity index (χ0n) is 12.4. The molecule has 0 N–H and O–H groups in total. The predicted octanol–water partition coefficient (Wildman–Crippen LogP) is 3.14. The van der Waals surface area contributed by atoms with E-state index in [0.717, 1.165) is 0 Å². The molecule has 0 saturated carbocycles. The second-order valence-corrected chi connectivity index (χ2v) is 5.48. The Labute approximate surface area is 128 Å². The van der Waals surface area contributed by atoms with Gasteiger partial charge in [-0.3, -0.25) is 9.59 Å². The van der Waals surface area contributed by atoms with Crippen molar-refractivity contribution in [3.63, 3.8) is 0 Å². The molecular weight excluding hydrogens is 297 g/mol. The summed E-state index contributed by atoms with van der Waals surface area (Å²) in [5.41, 5.74) is -0.162. The van der Waals surface area contributed by atoms with Crippen LogP contribution in [0, 0.1) is 11.7 Å². The van der Waals surface area contributed by atoms with E-state index in [9.17, 15) is 14.0 Å². The van der Waals surface area contributed by atoms with Crippen molar-refractivity contribution in [2.45, 2.75) is 20.3 Å². The van der Waals surface area contributed by atoms with Crippen molar-refractivity contribution in [3.8, 4) is 0 Å². The molecule has 0 unspecified atom stereocenters. The van der Waals surface area contributed by atoms with E-state index < -0.39 is 17.7 Å². The largest absolute Gasteiger partial charge is 0.469 e. The van der Waals surface area contributed by atoms with E-state index >= 15 is 0 Å². The molecule has 1 aromatic rings. The molecule has 0 fully saturated rings. The van der Waals surface area contributed by atoms with Gasteiger partial charge in [0.05, 0.1) is 24.1 Å². The van der Waals surface area contributed by atoms with E-state index in [4.69, 9.17) is 11.6 Å². The molecule has 1 aromatic carbocycles. The van der Waals surface area contributed by atoms with Gasteiger partial charge in [-0.15, -0.1) is 0 Å². The van der Waals surface area contributed by atoms with Crippen LogP contribution in [0.2, 0.25) is 5.02 Å². The van der Waals surface area contributed by atoms with Crippen LogP contribution in [0.15, 0.2) is 18.2 Å². The topological polar surface area (TPSA) is 46.6 Å². The van der Waals surface area contributed by atoms with Gasteiger partial charge in [-0.2, -0.15) is 0 Å². The molecule has 0 aliphatic rings. The third-order valence-corrected chi connectivity index (χ3v) is 3.18. The number of nitrogens with zero attached hydrogens (tertiary/aromatic N) is 1. The fourth-order valence-corrected chi connectivity index (χ4v) is 2.15. The molecule has 6 heteroatoms. The molecule has 0 heterocycles. The first kappa shape index (κ1) is 17.4. The fraction of sp³-hybridized carbons (Fsp3) is 0.467. The average Bonchev–Trinajstić information content (AvgIpc) is 2.42. The molecule has 21 heavy (non-hydrogen) atoms. The lowest BCUT2D eigenvalue weighted by Crippen LogP contribution is -2.36. The highest BCUT2D eigenvalue weighted by Gasteiger charge is 2.23. The number of ether oxygens (including phenoxy) is 1. The Hall–Kier alpha value is -1.62. The Bertz CT molecular complexity index is 499.